The summed E-state index contributed by atoms with van der Waals surface area (Å²) in [5.74, 6) is 0.872. The van der Waals surface area contributed by atoms with Crippen LogP contribution in [0, 0.1) is 19.8 Å². The Bertz CT molecular complexity index is 606. The monoisotopic (exact) mass is 346 g/mol. The van der Waals surface area contributed by atoms with Crippen LogP contribution < -0.4 is 5.32 Å². The molecule has 0 unspecified atom stereocenters. The van der Waals surface area contributed by atoms with Crippen molar-refractivity contribution in [1.82, 2.24) is 4.90 Å². The summed E-state index contributed by atoms with van der Waals surface area (Å²) in [5.41, 5.74) is 3.97. The minimum absolute atomic E-state index is 0.294. The van der Waals surface area contributed by atoms with Crippen LogP contribution in [0.5, 0.6) is 0 Å². The van der Waals surface area contributed by atoms with Crippen LogP contribution in [0.15, 0.2) is 12.1 Å². The van der Waals surface area contributed by atoms with E-state index in [-0.39, 0.29) is 0 Å². The topological polar surface area (TPSA) is 32.3 Å². The Morgan fingerprint density at radius 3 is 2.50 bits per heavy atom. The standard InChI is InChI=1S/C20H30N2OS/c1-5-22(4)20(24)21-18-12-14(2)17(11-15(18)3)19(23)13-16-9-7-6-8-10-16/h11-12,16H,5-10,13H2,1-4H3,(H,21,24). The molecule has 0 spiro atoms. The van der Waals surface area contributed by atoms with Gasteiger partial charge in [0.2, 0.25) is 0 Å². The summed E-state index contributed by atoms with van der Waals surface area (Å²) in [6.45, 7) is 6.99. The van der Waals surface area contributed by atoms with Gasteiger partial charge in [0, 0.05) is 31.3 Å². The predicted octanol–water partition coefficient (Wildman–Crippen LogP) is 5.11. The highest BCUT2D eigenvalue weighted by atomic mass is 32.1. The largest absolute Gasteiger partial charge is 0.352 e. The van der Waals surface area contributed by atoms with Crippen molar-refractivity contribution < 1.29 is 4.79 Å². The van der Waals surface area contributed by atoms with Crippen molar-refractivity contribution in [2.24, 2.45) is 5.92 Å². The maximum absolute atomic E-state index is 12.7. The number of hydrogen-bond donors (Lipinski definition) is 1. The third-order valence-corrected chi connectivity index (χ3v) is 5.55. The lowest BCUT2D eigenvalue weighted by atomic mass is 9.84. The molecule has 0 bridgehead atoms. The molecule has 1 N–H and O–H groups in total. The minimum Gasteiger partial charge on any atom is -0.352 e. The van der Waals surface area contributed by atoms with Gasteiger partial charge in [-0.05, 0) is 62.2 Å². The Labute approximate surface area is 151 Å². The molecule has 0 heterocycles. The molecule has 1 aromatic carbocycles. The highest BCUT2D eigenvalue weighted by Gasteiger charge is 2.20. The molecule has 2 rings (SSSR count). The Morgan fingerprint density at radius 2 is 1.88 bits per heavy atom. The van der Waals surface area contributed by atoms with E-state index < -0.39 is 0 Å². The number of aryl methyl sites for hydroxylation is 2. The summed E-state index contributed by atoms with van der Waals surface area (Å²) in [6.07, 6.45) is 7.00. The van der Waals surface area contributed by atoms with Gasteiger partial charge < -0.3 is 10.2 Å². The first-order valence-electron chi connectivity index (χ1n) is 9.09. The van der Waals surface area contributed by atoms with Crippen LogP contribution in [0.25, 0.3) is 0 Å². The highest BCUT2D eigenvalue weighted by molar-refractivity contribution is 7.80. The van der Waals surface area contributed by atoms with E-state index in [2.05, 4.69) is 18.3 Å². The molecule has 0 amide bonds. The highest BCUT2D eigenvalue weighted by Crippen LogP contribution is 2.29. The molecule has 1 aliphatic rings. The molecular weight excluding hydrogens is 316 g/mol. The van der Waals surface area contributed by atoms with Gasteiger partial charge in [0.15, 0.2) is 10.9 Å². The molecule has 0 aliphatic heterocycles. The lowest BCUT2D eigenvalue weighted by Gasteiger charge is -2.22. The Kier molecular flexibility index (Phi) is 6.79. The van der Waals surface area contributed by atoms with Gasteiger partial charge in [-0.2, -0.15) is 0 Å². The normalized spacial score (nSPS) is 15.2. The number of nitrogens with zero attached hydrogens (tertiary/aromatic N) is 1. The summed E-state index contributed by atoms with van der Waals surface area (Å²) < 4.78 is 0. The molecule has 3 nitrogen and oxygen atoms in total. The van der Waals surface area contributed by atoms with Crippen LogP contribution in [0.3, 0.4) is 0 Å². The Hall–Kier alpha value is -1.42. The molecule has 1 aromatic rings. The molecule has 0 radical (unpaired) electrons. The van der Waals surface area contributed by atoms with Crippen LogP contribution in [0.1, 0.15) is 66.9 Å². The van der Waals surface area contributed by atoms with Gasteiger partial charge in [0.1, 0.15) is 0 Å². The average Bonchev–Trinajstić information content (AvgIpc) is 2.57. The van der Waals surface area contributed by atoms with E-state index in [9.17, 15) is 4.79 Å². The molecular formula is C20H30N2OS. The van der Waals surface area contributed by atoms with Gasteiger partial charge in [-0.1, -0.05) is 32.1 Å². The third kappa shape index (κ3) is 4.79. The summed E-state index contributed by atoms with van der Waals surface area (Å²) >= 11 is 5.40. The van der Waals surface area contributed by atoms with E-state index in [0.29, 0.717) is 23.2 Å². The van der Waals surface area contributed by atoms with Crippen molar-refractivity contribution >= 4 is 28.8 Å². The molecule has 0 aromatic heterocycles. The number of carbonyl (C=O) groups is 1. The first-order valence-corrected chi connectivity index (χ1v) is 9.49. The van der Waals surface area contributed by atoms with Crippen molar-refractivity contribution in [1.29, 1.82) is 0 Å². The van der Waals surface area contributed by atoms with Crippen molar-refractivity contribution in [3.63, 3.8) is 0 Å². The van der Waals surface area contributed by atoms with Gasteiger partial charge in [0.25, 0.3) is 0 Å². The lowest BCUT2D eigenvalue weighted by Crippen LogP contribution is -2.31. The second kappa shape index (κ2) is 8.61. The molecule has 0 saturated heterocycles. The van der Waals surface area contributed by atoms with Crippen LogP contribution in [0.4, 0.5) is 5.69 Å². The molecule has 0 atom stereocenters. The summed E-state index contributed by atoms with van der Waals surface area (Å²) in [5, 5.41) is 4.00. The van der Waals surface area contributed by atoms with Crippen LogP contribution in [-0.4, -0.2) is 29.4 Å². The number of carbonyl (C=O) groups excluding carboxylic acids is 1. The summed E-state index contributed by atoms with van der Waals surface area (Å²) in [4.78, 5) is 14.7. The van der Waals surface area contributed by atoms with Crippen molar-refractivity contribution in [2.45, 2.75) is 59.3 Å². The molecule has 4 heteroatoms. The van der Waals surface area contributed by atoms with E-state index in [0.717, 1.165) is 28.9 Å². The van der Waals surface area contributed by atoms with Crippen LogP contribution >= 0.6 is 12.2 Å². The smallest absolute Gasteiger partial charge is 0.173 e. The Balaban J connectivity index is 2.10. The number of ketones is 1. The Morgan fingerprint density at radius 1 is 1.21 bits per heavy atom. The first kappa shape index (κ1) is 18.9. The predicted molar refractivity (Wildman–Crippen MR) is 106 cm³/mol. The van der Waals surface area contributed by atoms with Crippen molar-refractivity contribution in [3.8, 4) is 0 Å². The van der Waals surface area contributed by atoms with Gasteiger partial charge >= 0.3 is 0 Å². The van der Waals surface area contributed by atoms with Gasteiger partial charge in [-0.3, -0.25) is 4.79 Å². The molecule has 1 fully saturated rings. The van der Waals surface area contributed by atoms with Crippen molar-refractivity contribution in [2.75, 3.05) is 18.9 Å². The number of thiocarbonyl (C=S) groups is 1. The molecule has 24 heavy (non-hydrogen) atoms. The number of hydrogen-bond acceptors (Lipinski definition) is 2. The fourth-order valence-corrected chi connectivity index (χ4v) is 3.61. The zero-order valence-corrected chi connectivity index (χ0v) is 16.3. The maximum atomic E-state index is 12.7. The number of anilines is 1. The van der Waals surface area contributed by atoms with E-state index in [1.807, 2.05) is 31.9 Å². The summed E-state index contributed by atoms with van der Waals surface area (Å²) in [7, 11) is 1.97. The molecule has 1 aliphatic carbocycles. The maximum Gasteiger partial charge on any atom is 0.173 e. The van der Waals surface area contributed by atoms with Gasteiger partial charge in [0.05, 0.1) is 0 Å². The second-order valence-corrected chi connectivity index (χ2v) is 7.44. The van der Waals surface area contributed by atoms with Gasteiger partial charge in [-0.15, -0.1) is 0 Å². The van der Waals surface area contributed by atoms with Crippen molar-refractivity contribution in [3.05, 3.63) is 28.8 Å². The number of rotatable bonds is 5. The number of benzene rings is 1. The zero-order chi connectivity index (χ0) is 17.7. The van der Waals surface area contributed by atoms with Crippen LogP contribution in [0.2, 0.25) is 0 Å². The minimum atomic E-state index is 0.294. The zero-order valence-electron chi connectivity index (χ0n) is 15.4. The van der Waals surface area contributed by atoms with E-state index in [1.54, 1.807) is 0 Å². The third-order valence-electron chi connectivity index (χ3n) is 5.13. The lowest BCUT2D eigenvalue weighted by molar-refractivity contribution is 0.0949. The van der Waals surface area contributed by atoms with Crippen LogP contribution in [-0.2, 0) is 0 Å². The second-order valence-electron chi connectivity index (χ2n) is 7.06. The number of nitrogens with one attached hydrogen (secondary N) is 1. The van der Waals surface area contributed by atoms with Gasteiger partial charge in [-0.25, -0.2) is 0 Å². The van der Waals surface area contributed by atoms with E-state index in [4.69, 9.17) is 12.2 Å². The fourth-order valence-electron chi connectivity index (χ4n) is 3.37. The fraction of sp³-hybridized carbons (Fsp3) is 0.600. The quantitative estimate of drug-likeness (QED) is 0.593. The average molecular weight is 347 g/mol. The first-order chi connectivity index (χ1) is 11.4. The van der Waals surface area contributed by atoms with E-state index >= 15 is 0 Å². The summed E-state index contributed by atoms with van der Waals surface area (Å²) in [6, 6.07) is 4.08. The van der Waals surface area contributed by atoms with E-state index in [1.165, 1.54) is 32.1 Å². The SMILES string of the molecule is CCN(C)C(=S)Nc1cc(C)c(C(=O)CC2CCCCC2)cc1C. The molecule has 132 valence electrons. The molecule has 1 saturated carbocycles. The number of Topliss-reactive ketones (excluding diaryl/α,β-unsaturated/α-hetero) is 1.